The van der Waals surface area contributed by atoms with Gasteiger partial charge >= 0.3 is 0 Å². The first-order valence-corrected chi connectivity index (χ1v) is 11.5. The lowest BCUT2D eigenvalue weighted by Gasteiger charge is -2.33. The number of amides is 1. The Bertz CT molecular complexity index is 849. The molecule has 4 rings (SSSR count). The number of carbonyl (C=O) groups excluding carboxylic acids is 1. The Hall–Kier alpha value is -2.01. The summed E-state index contributed by atoms with van der Waals surface area (Å²) in [6.07, 6.45) is 2.22. The average Bonchev–Trinajstić information content (AvgIpc) is 3.32. The summed E-state index contributed by atoms with van der Waals surface area (Å²) in [5.41, 5.74) is 2.28. The topological polar surface area (TPSA) is 72.0 Å². The van der Waals surface area contributed by atoms with Crippen LogP contribution in [0.3, 0.4) is 0 Å². The zero-order valence-corrected chi connectivity index (χ0v) is 21.0. The molecule has 3 N–H and O–H groups in total. The zero-order valence-electron chi connectivity index (χ0n) is 17.8. The van der Waals surface area contributed by atoms with Crippen molar-refractivity contribution in [2.75, 3.05) is 49.6 Å². The van der Waals surface area contributed by atoms with Gasteiger partial charge in [-0.2, -0.15) is 0 Å². The van der Waals surface area contributed by atoms with Crippen LogP contribution < -0.4 is 25.8 Å². The molecule has 0 bridgehead atoms. The predicted octanol–water partition coefficient (Wildman–Crippen LogP) is 2.64. The second-order valence-electron chi connectivity index (χ2n) is 7.72. The number of carbonyl (C=O) groups is 1. The number of guanidine groups is 1. The third-order valence-electron chi connectivity index (χ3n) is 5.68. The summed E-state index contributed by atoms with van der Waals surface area (Å²) in [7, 11) is 1.82. The molecule has 3 heterocycles. The van der Waals surface area contributed by atoms with E-state index in [0.29, 0.717) is 25.7 Å². The van der Waals surface area contributed by atoms with E-state index in [0.717, 1.165) is 44.1 Å². The number of rotatable bonds is 5. The van der Waals surface area contributed by atoms with E-state index in [2.05, 4.69) is 72.5 Å². The van der Waals surface area contributed by atoms with Crippen LogP contribution >= 0.6 is 35.3 Å². The Kier molecular flexibility index (Phi) is 8.82. The van der Waals surface area contributed by atoms with E-state index < -0.39 is 0 Å². The molecule has 1 aromatic heterocycles. The van der Waals surface area contributed by atoms with Crippen LogP contribution in [0.1, 0.15) is 18.4 Å². The van der Waals surface area contributed by atoms with Gasteiger partial charge in [0, 0.05) is 51.5 Å². The summed E-state index contributed by atoms with van der Waals surface area (Å²) >= 11 is 1.81. The van der Waals surface area contributed by atoms with Crippen LogP contribution in [0.25, 0.3) is 0 Å². The fourth-order valence-corrected chi connectivity index (χ4v) is 4.74. The third kappa shape index (κ3) is 6.49. The van der Waals surface area contributed by atoms with Crippen LogP contribution in [-0.2, 0) is 11.3 Å². The van der Waals surface area contributed by atoms with Crippen LogP contribution in [0.15, 0.2) is 46.8 Å². The molecule has 9 heteroatoms. The van der Waals surface area contributed by atoms with Crippen molar-refractivity contribution in [2.24, 2.45) is 4.99 Å². The maximum Gasteiger partial charge on any atom is 0.239 e. The van der Waals surface area contributed by atoms with Crippen molar-refractivity contribution in [3.63, 3.8) is 0 Å². The minimum Gasteiger partial charge on any atom is -0.363 e. The lowest BCUT2D eigenvalue weighted by Crippen LogP contribution is -2.48. The van der Waals surface area contributed by atoms with Gasteiger partial charge < -0.3 is 25.8 Å². The third-order valence-corrected chi connectivity index (χ3v) is 6.61. The standard InChI is InChI=1S/C22H30N6OS.HI/c1-23-22(26-18-8-11-27(12-9-18)21-3-2-14-30-21)25-15-17-4-6-19(7-5-17)28-13-10-24-20(29)16-28;/h2-7,14,18H,8-13,15-16H2,1H3,(H,24,29)(H2,23,25,26);1H. The number of hydrogen-bond donors (Lipinski definition) is 3. The predicted molar refractivity (Wildman–Crippen MR) is 140 cm³/mol. The maximum atomic E-state index is 11.6. The number of piperazine rings is 1. The Labute approximate surface area is 205 Å². The van der Waals surface area contributed by atoms with Crippen molar-refractivity contribution < 1.29 is 4.79 Å². The molecule has 0 radical (unpaired) electrons. The van der Waals surface area contributed by atoms with E-state index in [1.807, 2.05) is 18.4 Å². The van der Waals surface area contributed by atoms with E-state index in [1.165, 1.54) is 10.6 Å². The van der Waals surface area contributed by atoms with Crippen molar-refractivity contribution in [1.29, 1.82) is 0 Å². The molecule has 0 unspecified atom stereocenters. The van der Waals surface area contributed by atoms with Crippen LogP contribution in [0.2, 0.25) is 0 Å². The highest BCUT2D eigenvalue weighted by Crippen LogP contribution is 2.24. The molecule has 2 aliphatic heterocycles. The Morgan fingerprint density at radius 1 is 1.16 bits per heavy atom. The average molecular weight is 555 g/mol. The molecule has 0 saturated carbocycles. The van der Waals surface area contributed by atoms with Gasteiger partial charge in [0.05, 0.1) is 11.5 Å². The van der Waals surface area contributed by atoms with Gasteiger partial charge in [-0.15, -0.1) is 35.3 Å². The number of nitrogens with one attached hydrogen (secondary N) is 3. The van der Waals surface area contributed by atoms with Gasteiger partial charge in [-0.05, 0) is 48.1 Å². The van der Waals surface area contributed by atoms with E-state index in [9.17, 15) is 4.79 Å². The second kappa shape index (κ2) is 11.6. The highest BCUT2D eigenvalue weighted by molar-refractivity contribution is 14.0. The lowest BCUT2D eigenvalue weighted by molar-refractivity contribution is -0.120. The fraction of sp³-hybridized carbons (Fsp3) is 0.455. The first-order valence-electron chi connectivity index (χ1n) is 10.6. The van der Waals surface area contributed by atoms with Crippen molar-refractivity contribution in [1.82, 2.24) is 16.0 Å². The molecule has 1 aromatic carbocycles. The number of anilines is 2. The van der Waals surface area contributed by atoms with Gasteiger partial charge in [0.2, 0.25) is 5.91 Å². The molecule has 0 atom stereocenters. The molecular weight excluding hydrogens is 523 g/mol. The molecular formula is C22H31IN6OS. The fourth-order valence-electron chi connectivity index (χ4n) is 3.95. The molecule has 2 saturated heterocycles. The molecule has 0 aliphatic carbocycles. The number of benzene rings is 1. The Balaban J connectivity index is 0.00000272. The number of piperidine rings is 1. The molecule has 2 aliphatic rings. The van der Waals surface area contributed by atoms with E-state index in [-0.39, 0.29) is 29.9 Å². The SMILES string of the molecule is CN=C(NCc1ccc(N2CCNC(=O)C2)cc1)NC1CCN(c2cccs2)CC1.I. The van der Waals surface area contributed by atoms with E-state index in [4.69, 9.17) is 0 Å². The van der Waals surface area contributed by atoms with E-state index in [1.54, 1.807) is 0 Å². The normalized spacial score (nSPS) is 17.7. The monoisotopic (exact) mass is 554 g/mol. The largest absolute Gasteiger partial charge is 0.363 e. The lowest BCUT2D eigenvalue weighted by atomic mass is 10.1. The number of aliphatic imine (C=N–C) groups is 1. The number of hydrogen-bond acceptors (Lipinski definition) is 5. The summed E-state index contributed by atoms with van der Waals surface area (Å²) in [6, 6.07) is 13.2. The zero-order chi connectivity index (χ0) is 20.8. The smallest absolute Gasteiger partial charge is 0.239 e. The molecule has 0 spiro atoms. The first kappa shape index (κ1) is 23.6. The number of thiophene rings is 1. The summed E-state index contributed by atoms with van der Waals surface area (Å²) < 4.78 is 0. The highest BCUT2D eigenvalue weighted by atomic mass is 127. The first-order chi connectivity index (χ1) is 14.7. The van der Waals surface area contributed by atoms with Crippen LogP contribution in [0.4, 0.5) is 10.7 Å². The van der Waals surface area contributed by atoms with Crippen molar-refractivity contribution in [3.8, 4) is 0 Å². The summed E-state index contributed by atoms with van der Waals surface area (Å²) in [5.74, 6) is 0.935. The molecule has 168 valence electrons. The molecule has 7 nitrogen and oxygen atoms in total. The van der Waals surface area contributed by atoms with Crippen LogP contribution in [-0.4, -0.2) is 57.7 Å². The summed E-state index contributed by atoms with van der Waals surface area (Å²) in [6.45, 7) is 4.85. The van der Waals surface area contributed by atoms with E-state index >= 15 is 0 Å². The van der Waals surface area contributed by atoms with Gasteiger partial charge in [-0.3, -0.25) is 9.79 Å². The molecule has 2 aromatic rings. The molecule has 2 fully saturated rings. The van der Waals surface area contributed by atoms with Gasteiger partial charge in [-0.1, -0.05) is 12.1 Å². The number of halogens is 1. The van der Waals surface area contributed by atoms with Gasteiger partial charge in [0.1, 0.15) is 0 Å². The van der Waals surface area contributed by atoms with Crippen LogP contribution in [0, 0.1) is 0 Å². The van der Waals surface area contributed by atoms with Crippen molar-refractivity contribution in [2.45, 2.75) is 25.4 Å². The molecule has 1 amide bonds. The summed E-state index contributed by atoms with van der Waals surface area (Å²) in [4.78, 5) is 20.6. The molecule has 31 heavy (non-hydrogen) atoms. The van der Waals surface area contributed by atoms with Gasteiger partial charge in [-0.25, -0.2) is 0 Å². The maximum absolute atomic E-state index is 11.6. The van der Waals surface area contributed by atoms with Gasteiger partial charge in [0.15, 0.2) is 5.96 Å². The van der Waals surface area contributed by atoms with Crippen molar-refractivity contribution in [3.05, 3.63) is 47.3 Å². The van der Waals surface area contributed by atoms with Gasteiger partial charge in [0.25, 0.3) is 0 Å². The number of nitrogens with zero attached hydrogens (tertiary/aromatic N) is 3. The highest BCUT2D eigenvalue weighted by Gasteiger charge is 2.21. The van der Waals surface area contributed by atoms with Crippen molar-refractivity contribution >= 4 is 57.9 Å². The summed E-state index contributed by atoms with van der Waals surface area (Å²) in [5, 5.41) is 13.4. The Morgan fingerprint density at radius 2 is 1.94 bits per heavy atom. The minimum absolute atomic E-state index is 0. The van der Waals surface area contributed by atoms with Crippen LogP contribution in [0.5, 0.6) is 0 Å². The Morgan fingerprint density at radius 3 is 2.58 bits per heavy atom. The second-order valence-corrected chi connectivity index (χ2v) is 8.65. The minimum atomic E-state index is 0. The quantitative estimate of drug-likeness (QED) is 0.301.